The standard InChI is InChI=1S/C23H20BN2O/c1-24-15-22-20(19-10-6-7-11-21(19)27-22)16-26(24)23-14-18(12-13-25(23)2)17-8-4-3-5-9-17/h3-16H,1-2H3/q+1. The van der Waals surface area contributed by atoms with Crippen molar-refractivity contribution >= 4 is 35.8 Å². The predicted molar refractivity (Wildman–Crippen MR) is 112 cm³/mol. The van der Waals surface area contributed by atoms with Crippen LogP contribution in [0, 0.1) is 0 Å². The van der Waals surface area contributed by atoms with Crippen molar-refractivity contribution < 1.29 is 8.98 Å². The number of aryl methyl sites for hydroxylation is 1. The lowest BCUT2D eigenvalue weighted by Gasteiger charge is -2.19. The van der Waals surface area contributed by atoms with Crippen LogP contribution in [0.5, 0.6) is 0 Å². The minimum Gasteiger partial charge on any atom is -0.457 e. The molecule has 3 heterocycles. The van der Waals surface area contributed by atoms with Crippen molar-refractivity contribution in [1.82, 2.24) is 0 Å². The molecular weight excluding hydrogens is 331 g/mol. The molecule has 0 aliphatic carbocycles. The van der Waals surface area contributed by atoms with Gasteiger partial charge in [0.05, 0.1) is 24.7 Å². The average Bonchev–Trinajstić information content (AvgIpc) is 3.06. The Morgan fingerprint density at radius 1 is 0.926 bits per heavy atom. The van der Waals surface area contributed by atoms with Crippen LogP contribution in [0.4, 0.5) is 5.82 Å². The summed E-state index contributed by atoms with van der Waals surface area (Å²) in [7, 11) is 2.09. The van der Waals surface area contributed by atoms with Gasteiger partial charge >= 0.3 is 6.85 Å². The monoisotopic (exact) mass is 351 g/mol. The summed E-state index contributed by atoms with van der Waals surface area (Å²) < 4.78 is 8.22. The van der Waals surface area contributed by atoms with E-state index in [0.717, 1.165) is 27.4 Å². The summed E-state index contributed by atoms with van der Waals surface area (Å²) >= 11 is 0. The van der Waals surface area contributed by atoms with Gasteiger partial charge in [0.15, 0.2) is 0 Å². The molecule has 0 saturated heterocycles. The third-order valence-electron chi connectivity index (χ3n) is 5.26. The number of pyridine rings is 1. The number of anilines is 1. The second-order valence-corrected chi connectivity index (χ2v) is 7.07. The highest BCUT2D eigenvalue weighted by Gasteiger charge is 2.29. The van der Waals surface area contributed by atoms with Gasteiger partial charge in [0.2, 0.25) is 0 Å². The third kappa shape index (κ3) is 2.65. The molecule has 4 aromatic rings. The maximum absolute atomic E-state index is 6.05. The molecule has 27 heavy (non-hydrogen) atoms. The lowest BCUT2D eigenvalue weighted by atomic mass is 9.62. The second-order valence-electron chi connectivity index (χ2n) is 7.07. The number of fused-ring (bicyclic) bond motifs is 3. The zero-order valence-electron chi connectivity index (χ0n) is 15.5. The first-order valence-electron chi connectivity index (χ1n) is 9.25. The molecule has 5 rings (SSSR count). The molecular formula is C23H20BN2O+. The zero-order chi connectivity index (χ0) is 18.4. The second kappa shape index (κ2) is 6.17. The quantitative estimate of drug-likeness (QED) is 0.409. The van der Waals surface area contributed by atoms with Gasteiger partial charge in [-0.15, -0.1) is 0 Å². The van der Waals surface area contributed by atoms with Crippen LogP contribution in [-0.2, 0) is 7.05 Å². The van der Waals surface area contributed by atoms with Crippen LogP contribution in [0.3, 0.4) is 0 Å². The first-order valence-corrected chi connectivity index (χ1v) is 9.25. The largest absolute Gasteiger partial charge is 0.457 e. The molecule has 130 valence electrons. The molecule has 1 aliphatic heterocycles. The maximum atomic E-state index is 6.05. The van der Waals surface area contributed by atoms with Crippen molar-refractivity contribution in [2.75, 3.05) is 4.81 Å². The van der Waals surface area contributed by atoms with Gasteiger partial charge in [-0.05, 0) is 36.1 Å². The van der Waals surface area contributed by atoms with Gasteiger partial charge in [-0.3, -0.25) is 4.81 Å². The van der Waals surface area contributed by atoms with Crippen LogP contribution in [0.25, 0.3) is 34.3 Å². The van der Waals surface area contributed by atoms with Crippen LogP contribution in [0.2, 0.25) is 6.82 Å². The van der Waals surface area contributed by atoms with Gasteiger partial charge in [0.25, 0.3) is 5.82 Å². The Bertz CT molecular complexity index is 1260. The van der Waals surface area contributed by atoms with Gasteiger partial charge < -0.3 is 4.42 Å². The van der Waals surface area contributed by atoms with E-state index in [1.165, 1.54) is 11.1 Å². The Hall–Kier alpha value is -3.27. The Labute approximate surface area is 158 Å². The van der Waals surface area contributed by atoms with E-state index in [0.29, 0.717) is 0 Å². The molecule has 0 amide bonds. The summed E-state index contributed by atoms with van der Waals surface area (Å²) in [6.07, 6.45) is 4.34. The molecule has 0 atom stereocenters. The van der Waals surface area contributed by atoms with Crippen LogP contribution in [0.1, 0.15) is 0 Å². The van der Waals surface area contributed by atoms with Crippen LogP contribution >= 0.6 is 0 Å². The summed E-state index contributed by atoms with van der Waals surface area (Å²) in [6.45, 7) is 2.40. The SMILES string of the molecule is CB1C=c2oc3ccccc3c2=CN1c1cc(-c2ccccc2)cc[n+]1C. The number of hydrogen-bond acceptors (Lipinski definition) is 2. The maximum Gasteiger partial charge on any atom is 0.405 e. The first-order chi connectivity index (χ1) is 13.2. The number of benzene rings is 2. The van der Waals surface area contributed by atoms with Gasteiger partial charge in [-0.25, -0.2) is 4.57 Å². The summed E-state index contributed by atoms with van der Waals surface area (Å²) in [6, 6.07) is 23.1. The number of hydrogen-bond donors (Lipinski definition) is 0. The highest BCUT2D eigenvalue weighted by Crippen LogP contribution is 2.23. The van der Waals surface area contributed by atoms with E-state index < -0.39 is 0 Å². The summed E-state index contributed by atoms with van der Waals surface area (Å²) in [4.78, 5) is 2.32. The van der Waals surface area contributed by atoms with Crippen molar-refractivity contribution in [2.45, 2.75) is 6.82 Å². The van der Waals surface area contributed by atoms with Crippen molar-refractivity contribution in [1.29, 1.82) is 0 Å². The molecule has 0 fully saturated rings. The molecule has 2 aromatic carbocycles. The van der Waals surface area contributed by atoms with E-state index in [2.05, 4.69) is 90.2 Å². The van der Waals surface area contributed by atoms with Crippen LogP contribution in [0.15, 0.2) is 77.3 Å². The molecule has 0 unspecified atom stereocenters. The molecule has 0 N–H and O–H groups in total. The van der Waals surface area contributed by atoms with E-state index in [4.69, 9.17) is 4.42 Å². The van der Waals surface area contributed by atoms with Crippen molar-refractivity contribution in [2.24, 2.45) is 7.05 Å². The van der Waals surface area contributed by atoms with E-state index in [1.54, 1.807) is 0 Å². The van der Waals surface area contributed by atoms with Crippen LogP contribution in [-0.4, -0.2) is 6.85 Å². The lowest BCUT2D eigenvalue weighted by molar-refractivity contribution is -0.657. The van der Waals surface area contributed by atoms with Crippen molar-refractivity contribution in [3.05, 3.63) is 83.6 Å². The fourth-order valence-corrected chi connectivity index (χ4v) is 3.80. The molecule has 0 radical (unpaired) electrons. The van der Waals surface area contributed by atoms with Crippen LogP contribution < -0.4 is 20.0 Å². The lowest BCUT2D eigenvalue weighted by Crippen LogP contribution is -2.47. The Morgan fingerprint density at radius 2 is 1.70 bits per heavy atom. The number of rotatable bonds is 2. The van der Waals surface area contributed by atoms with E-state index >= 15 is 0 Å². The number of nitrogens with zero attached hydrogens (tertiary/aromatic N) is 2. The number of aromatic nitrogens is 1. The highest BCUT2D eigenvalue weighted by atomic mass is 16.3. The Balaban J connectivity index is 1.69. The normalized spacial score (nSPS) is 13.3. The molecule has 4 heteroatoms. The molecule has 1 aliphatic rings. The fraction of sp³-hybridized carbons (Fsp3) is 0.0870. The topological polar surface area (TPSA) is 20.3 Å². The smallest absolute Gasteiger partial charge is 0.405 e. The fourth-order valence-electron chi connectivity index (χ4n) is 3.80. The Morgan fingerprint density at radius 3 is 2.56 bits per heavy atom. The van der Waals surface area contributed by atoms with Gasteiger partial charge in [0, 0.05) is 11.5 Å². The first kappa shape index (κ1) is 15.9. The summed E-state index contributed by atoms with van der Waals surface area (Å²) in [5.74, 6) is 3.35. The average molecular weight is 351 g/mol. The number of furan rings is 1. The summed E-state index contributed by atoms with van der Waals surface area (Å²) in [5, 5.41) is 2.30. The van der Waals surface area contributed by atoms with Gasteiger partial charge in [0.1, 0.15) is 11.0 Å². The van der Waals surface area contributed by atoms with E-state index in [9.17, 15) is 0 Å². The van der Waals surface area contributed by atoms with Gasteiger partial charge in [-0.2, -0.15) is 0 Å². The Kier molecular flexibility index (Phi) is 3.64. The van der Waals surface area contributed by atoms with Crippen molar-refractivity contribution in [3.8, 4) is 11.1 Å². The van der Waals surface area contributed by atoms with Crippen molar-refractivity contribution in [3.63, 3.8) is 0 Å². The molecule has 3 nitrogen and oxygen atoms in total. The molecule has 0 bridgehead atoms. The van der Waals surface area contributed by atoms with E-state index in [1.807, 2.05) is 18.2 Å². The number of para-hydroxylation sites is 1. The summed E-state index contributed by atoms with van der Waals surface area (Å²) in [5.41, 5.74) is 4.34. The minimum atomic E-state index is 0.204. The van der Waals surface area contributed by atoms with Gasteiger partial charge in [-0.1, -0.05) is 48.5 Å². The minimum absolute atomic E-state index is 0.204. The molecule has 2 aromatic heterocycles. The highest BCUT2D eigenvalue weighted by molar-refractivity contribution is 6.76. The van der Waals surface area contributed by atoms with E-state index in [-0.39, 0.29) is 6.85 Å². The molecule has 0 spiro atoms. The third-order valence-corrected chi connectivity index (χ3v) is 5.26. The molecule has 0 saturated carbocycles. The predicted octanol–water partition coefficient (Wildman–Crippen LogP) is 3.12. The zero-order valence-corrected chi connectivity index (χ0v) is 15.5.